The number of aryl methyl sites for hydroxylation is 2. The number of aromatic nitrogens is 5. The van der Waals surface area contributed by atoms with Gasteiger partial charge in [0.2, 0.25) is 16.0 Å². The fourth-order valence-electron chi connectivity index (χ4n) is 3.91. The molecule has 11 nitrogen and oxygen atoms in total. The molecule has 1 N–H and O–H groups in total. The molecule has 0 unspecified atom stereocenters. The fourth-order valence-corrected chi connectivity index (χ4v) is 5.02. The van der Waals surface area contributed by atoms with Crippen molar-refractivity contribution in [3.63, 3.8) is 0 Å². The number of anilines is 1. The van der Waals surface area contributed by atoms with E-state index in [9.17, 15) is 8.42 Å². The Balaban J connectivity index is 2.04. The number of pyridine rings is 2. The number of nitrogens with zero attached hydrogens (tertiary/aromatic N) is 5. The molecule has 0 fully saturated rings. The van der Waals surface area contributed by atoms with Gasteiger partial charge in [0, 0.05) is 38.4 Å². The molecule has 37 heavy (non-hydrogen) atoms. The fraction of sp³-hybridized carbons (Fsp3) is 0.520. The van der Waals surface area contributed by atoms with Crippen molar-refractivity contribution < 1.29 is 22.6 Å². The van der Waals surface area contributed by atoms with E-state index < -0.39 is 27.4 Å². The summed E-state index contributed by atoms with van der Waals surface area (Å²) in [6.45, 7) is 9.62. The van der Waals surface area contributed by atoms with Crippen molar-refractivity contribution in [3.05, 3.63) is 53.6 Å². The van der Waals surface area contributed by atoms with E-state index in [0.29, 0.717) is 17.1 Å². The van der Waals surface area contributed by atoms with Crippen molar-refractivity contribution >= 4 is 16.0 Å². The van der Waals surface area contributed by atoms with Crippen LogP contribution in [0.15, 0.2) is 36.8 Å². The molecule has 0 bridgehead atoms. The van der Waals surface area contributed by atoms with Crippen LogP contribution in [-0.2, 0) is 24.2 Å². The van der Waals surface area contributed by atoms with Gasteiger partial charge in [0.15, 0.2) is 5.82 Å². The van der Waals surface area contributed by atoms with Crippen LogP contribution in [0.5, 0.6) is 0 Å². The summed E-state index contributed by atoms with van der Waals surface area (Å²) in [5, 5.41) is 7.52. The van der Waals surface area contributed by atoms with Crippen molar-refractivity contribution in [2.45, 2.75) is 58.1 Å². The molecule has 0 aliphatic heterocycles. The van der Waals surface area contributed by atoms with Crippen molar-refractivity contribution in [3.8, 4) is 11.4 Å². The van der Waals surface area contributed by atoms with Gasteiger partial charge >= 0.3 is 0 Å². The molecule has 202 valence electrons. The maximum Gasteiger partial charge on any atom is 0.240 e. The van der Waals surface area contributed by atoms with E-state index in [0.717, 1.165) is 11.1 Å². The molecule has 3 heterocycles. The smallest absolute Gasteiger partial charge is 0.240 e. The average Bonchev–Trinajstić information content (AvgIpc) is 3.25. The second-order valence-corrected chi connectivity index (χ2v) is 11.3. The van der Waals surface area contributed by atoms with Gasteiger partial charge in [0.25, 0.3) is 0 Å². The topological polar surface area (TPSA) is 130 Å². The summed E-state index contributed by atoms with van der Waals surface area (Å²) in [5.41, 5.74) is 3.11. The van der Waals surface area contributed by atoms with Crippen LogP contribution in [0, 0.1) is 13.8 Å². The normalized spacial score (nSPS) is 13.8. The lowest BCUT2D eigenvalue weighted by molar-refractivity contribution is 0.00415. The summed E-state index contributed by atoms with van der Waals surface area (Å²) >= 11 is 0. The predicted molar refractivity (Wildman–Crippen MR) is 141 cm³/mol. The third kappa shape index (κ3) is 7.10. The quantitative estimate of drug-likeness (QED) is 0.351. The monoisotopic (exact) mass is 532 g/mol. The van der Waals surface area contributed by atoms with Gasteiger partial charge in [-0.2, -0.15) is 0 Å². The number of rotatable bonds is 13. The SMILES string of the molecule is COCC(COC)n1c(NS(=O)(=O)[C@@H](C)[C@@H](OC(C)C)c2ccc(C)cn2)nnc1-c1cncc(C)c1. The highest BCUT2D eigenvalue weighted by atomic mass is 32.2. The summed E-state index contributed by atoms with van der Waals surface area (Å²) in [7, 11) is -0.885. The molecule has 0 saturated carbocycles. The Morgan fingerprint density at radius 2 is 1.68 bits per heavy atom. The van der Waals surface area contributed by atoms with Gasteiger partial charge in [-0.1, -0.05) is 6.07 Å². The highest BCUT2D eigenvalue weighted by molar-refractivity contribution is 7.93. The summed E-state index contributed by atoms with van der Waals surface area (Å²) in [6.07, 6.45) is 4.05. The first-order valence-corrected chi connectivity index (χ1v) is 13.6. The van der Waals surface area contributed by atoms with E-state index in [1.807, 2.05) is 39.8 Å². The minimum absolute atomic E-state index is 0.0441. The van der Waals surface area contributed by atoms with Crippen molar-refractivity contribution in [1.29, 1.82) is 0 Å². The second kappa shape index (κ2) is 12.5. The van der Waals surface area contributed by atoms with Crippen LogP contribution in [-0.4, -0.2) is 71.9 Å². The molecule has 3 aromatic rings. The third-order valence-electron chi connectivity index (χ3n) is 5.71. The maximum atomic E-state index is 13.7. The van der Waals surface area contributed by atoms with Crippen LogP contribution >= 0.6 is 0 Å². The summed E-state index contributed by atoms with van der Waals surface area (Å²) in [6, 6.07) is 5.16. The predicted octanol–water partition coefficient (Wildman–Crippen LogP) is 3.48. The van der Waals surface area contributed by atoms with Gasteiger partial charge in [-0.05, 0) is 57.9 Å². The van der Waals surface area contributed by atoms with Crippen molar-refractivity contribution in [1.82, 2.24) is 24.7 Å². The van der Waals surface area contributed by atoms with Gasteiger partial charge in [-0.3, -0.25) is 19.3 Å². The third-order valence-corrected chi connectivity index (χ3v) is 7.40. The molecule has 0 aromatic carbocycles. The Hall–Kier alpha value is -2.93. The van der Waals surface area contributed by atoms with Gasteiger partial charge < -0.3 is 14.2 Å². The first kappa shape index (κ1) is 28.6. The Morgan fingerprint density at radius 3 is 2.24 bits per heavy atom. The van der Waals surface area contributed by atoms with Crippen LogP contribution < -0.4 is 4.72 Å². The number of methoxy groups -OCH3 is 2. The van der Waals surface area contributed by atoms with Gasteiger partial charge in [0.05, 0.1) is 31.1 Å². The zero-order valence-corrected chi connectivity index (χ0v) is 23.2. The summed E-state index contributed by atoms with van der Waals surface area (Å²) < 4.78 is 48.5. The lowest BCUT2D eigenvalue weighted by Crippen LogP contribution is -2.35. The Labute approximate surface area is 218 Å². The molecule has 0 aliphatic rings. The standard InChI is InChI=1S/C25H36N6O5S/c1-16(2)36-23(22-9-8-17(3)12-27-22)19(5)37(32,33)30-25-29-28-24(20-10-18(4)11-26-13-20)31(25)21(14-34-6)15-35-7/h8-13,16,19,21,23H,14-15H2,1-7H3,(H,29,30)/t19-,23+/m0/s1. The highest BCUT2D eigenvalue weighted by Crippen LogP contribution is 2.30. The molecule has 3 rings (SSSR count). The number of hydrogen-bond acceptors (Lipinski definition) is 9. The van der Waals surface area contributed by atoms with E-state index in [1.165, 1.54) is 0 Å². The van der Waals surface area contributed by atoms with Gasteiger partial charge in [-0.25, -0.2) is 8.42 Å². The van der Waals surface area contributed by atoms with Crippen molar-refractivity contribution in [2.75, 3.05) is 32.2 Å². The lowest BCUT2D eigenvalue weighted by Gasteiger charge is -2.27. The Bertz CT molecular complexity index is 1260. The number of sulfonamides is 1. The van der Waals surface area contributed by atoms with Crippen LogP contribution in [0.25, 0.3) is 11.4 Å². The maximum absolute atomic E-state index is 13.7. The number of ether oxygens (including phenoxy) is 3. The van der Waals surface area contributed by atoms with E-state index >= 15 is 0 Å². The molecule has 0 aliphatic carbocycles. The highest BCUT2D eigenvalue weighted by Gasteiger charge is 2.35. The van der Waals surface area contributed by atoms with Gasteiger partial charge in [0.1, 0.15) is 11.4 Å². The zero-order chi connectivity index (χ0) is 27.2. The minimum Gasteiger partial charge on any atom is -0.382 e. The molecule has 0 radical (unpaired) electrons. The Kier molecular flexibility index (Phi) is 9.71. The molecule has 12 heteroatoms. The molecule has 2 atom stereocenters. The van der Waals surface area contributed by atoms with Crippen LogP contribution in [0.2, 0.25) is 0 Å². The molecule has 0 saturated heterocycles. The van der Waals surface area contributed by atoms with Crippen LogP contribution in [0.4, 0.5) is 5.95 Å². The largest absolute Gasteiger partial charge is 0.382 e. The lowest BCUT2D eigenvalue weighted by atomic mass is 10.1. The second-order valence-electron chi connectivity index (χ2n) is 9.25. The Morgan fingerprint density at radius 1 is 0.973 bits per heavy atom. The summed E-state index contributed by atoms with van der Waals surface area (Å²) in [4.78, 5) is 8.68. The zero-order valence-electron chi connectivity index (χ0n) is 22.4. The molecule has 3 aromatic heterocycles. The van der Waals surface area contributed by atoms with Crippen LogP contribution in [0.3, 0.4) is 0 Å². The summed E-state index contributed by atoms with van der Waals surface area (Å²) in [5.74, 6) is 0.485. The van der Waals surface area contributed by atoms with E-state index in [4.69, 9.17) is 14.2 Å². The molecule has 0 spiro atoms. The average molecular weight is 533 g/mol. The van der Waals surface area contributed by atoms with Crippen LogP contribution in [0.1, 0.15) is 49.7 Å². The first-order chi connectivity index (χ1) is 17.6. The molecule has 0 amide bonds. The van der Waals surface area contributed by atoms with E-state index in [1.54, 1.807) is 50.4 Å². The molecular weight excluding hydrogens is 496 g/mol. The number of hydrogen-bond donors (Lipinski definition) is 1. The number of nitrogens with one attached hydrogen (secondary N) is 1. The van der Waals surface area contributed by atoms with E-state index in [-0.39, 0.29) is 25.3 Å². The minimum atomic E-state index is -4.01. The van der Waals surface area contributed by atoms with Gasteiger partial charge in [-0.15, -0.1) is 10.2 Å². The molecular formula is C25H36N6O5S. The van der Waals surface area contributed by atoms with Crippen molar-refractivity contribution in [2.24, 2.45) is 0 Å². The van der Waals surface area contributed by atoms with E-state index in [2.05, 4.69) is 24.9 Å². The first-order valence-electron chi connectivity index (χ1n) is 12.0.